The van der Waals surface area contributed by atoms with Crippen molar-refractivity contribution >= 4 is 11.6 Å². The Labute approximate surface area is 104 Å². The number of aliphatic hydroxyl groups excluding tert-OH is 2. The van der Waals surface area contributed by atoms with Crippen LogP contribution in [-0.2, 0) is 4.74 Å². The highest BCUT2D eigenvalue weighted by molar-refractivity contribution is 6.23. The summed E-state index contributed by atoms with van der Waals surface area (Å²) in [6.07, 6.45) is -3.70. The highest BCUT2D eigenvalue weighted by atomic mass is 35.5. The Kier molecular flexibility index (Phi) is 3.28. The Bertz CT molecular complexity index is 556. The van der Waals surface area contributed by atoms with Crippen LogP contribution in [0.25, 0.3) is 0 Å². The molecule has 4 atom stereocenters. The second-order valence-corrected chi connectivity index (χ2v) is 4.43. The van der Waals surface area contributed by atoms with Gasteiger partial charge in [-0.2, -0.15) is 0 Å². The van der Waals surface area contributed by atoms with Crippen molar-refractivity contribution in [2.24, 2.45) is 0 Å². The fourth-order valence-electron chi connectivity index (χ4n) is 1.73. The van der Waals surface area contributed by atoms with Crippen LogP contribution in [0.15, 0.2) is 21.9 Å². The number of rotatable bonds is 2. The van der Waals surface area contributed by atoms with Crippen LogP contribution < -0.4 is 11.2 Å². The summed E-state index contributed by atoms with van der Waals surface area (Å²) < 4.78 is 19.8. The summed E-state index contributed by atoms with van der Waals surface area (Å²) in [6.45, 7) is -0.659. The molecule has 7 nitrogen and oxygen atoms in total. The molecule has 0 aliphatic carbocycles. The van der Waals surface area contributed by atoms with Crippen molar-refractivity contribution < 1.29 is 19.3 Å². The van der Waals surface area contributed by atoms with Crippen LogP contribution in [0.4, 0.5) is 4.39 Å². The van der Waals surface area contributed by atoms with Gasteiger partial charge in [-0.05, 0) is 0 Å². The first-order chi connectivity index (χ1) is 8.37. The third-order valence-electron chi connectivity index (χ3n) is 2.66. The second-order valence-electron chi connectivity index (χ2n) is 3.85. The van der Waals surface area contributed by atoms with Gasteiger partial charge in [0.2, 0.25) is 0 Å². The highest BCUT2D eigenvalue weighted by Crippen LogP contribution is 2.43. The normalized spacial score (nSPS) is 35.9. The molecule has 0 radical (unpaired) electrons. The van der Waals surface area contributed by atoms with Gasteiger partial charge in [0.25, 0.3) is 10.7 Å². The van der Waals surface area contributed by atoms with Crippen molar-refractivity contribution in [2.75, 3.05) is 6.61 Å². The molecule has 1 aliphatic rings. The van der Waals surface area contributed by atoms with E-state index in [2.05, 4.69) is 0 Å². The minimum atomic E-state index is -2.78. The average Bonchev–Trinajstić information content (AvgIpc) is 2.52. The van der Waals surface area contributed by atoms with Crippen molar-refractivity contribution in [3.05, 3.63) is 33.1 Å². The Morgan fingerprint density at radius 2 is 2.28 bits per heavy atom. The van der Waals surface area contributed by atoms with Crippen molar-refractivity contribution in [3.63, 3.8) is 0 Å². The van der Waals surface area contributed by atoms with E-state index in [0.717, 1.165) is 12.3 Å². The van der Waals surface area contributed by atoms with E-state index in [1.807, 2.05) is 4.98 Å². The molecular weight excluding hydrogens is 271 g/mol. The molecule has 0 saturated carbocycles. The van der Waals surface area contributed by atoms with Crippen molar-refractivity contribution in [3.8, 4) is 0 Å². The maximum atomic E-state index is 14.1. The number of aliphatic hydroxyl groups is 2. The van der Waals surface area contributed by atoms with Gasteiger partial charge in [0.05, 0.1) is 6.61 Å². The average molecular weight is 281 g/mol. The molecular formula is C9H10ClFN2O5. The predicted octanol–water partition coefficient (Wildman–Crippen LogP) is -1.31. The van der Waals surface area contributed by atoms with Gasteiger partial charge in [0.1, 0.15) is 12.2 Å². The lowest BCUT2D eigenvalue weighted by Crippen LogP contribution is -2.41. The van der Waals surface area contributed by atoms with Crippen LogP contribution in [0.5, 0.6) is 0 Å². The number of halogens is 2. The molecule has 1 aliphatic heterocycles. The molecule has 0 bridgehead atoms. The lowest BCUT2D eigenvalue weighted by Gasteiger charge is -2.22. The van der Waals surface area contributed by atoms with Crippen molar-refractivity contribution in [2.45, 2.75) is 23.6 Å². The van der Waals surface area contributed by atoms with Crippen LogP contribution in [0.1, 0.15) is 6.23 Å². The smallest absolute Gasteiger partial charge is 0.330 e. The third kappa shape index (κ3) is 1.97. The SMILES string of the molecule is O=c1ccn([C@@H]2O[C@H](CO)[C@@H](O)[C@@]2(F)Cl)c(=O)[nH]1. The van der Waals surface area contributed by atoms with E-state index in [4.69, 9.17) is 21.4 Å². The number of alkyl halides is 2. The predicted molar refractivity (Wildman–Crippen MR) is 58.0 cm³/mol. The molecule has 0 amide bonds. The first-order valence-corrected chi connectivity index (χ1v) is 5.39. The monoisotopic (exact) mass is 280 g/mol. The summed E-state index contributed by atoms with van der Waals surface area (Å²) >= 11 is 5.50. The van der Waals surface area contributed by atoms with Gasteiger partial charge in [-0.1, -0.05) is 11.6 Å². The quantitative estimate of drug-likeness (QED) is 0.584. The maximum Gasteiger partial charge on any atom is 0.330 e. The summed E-state index contributed by atoms with van der Waals surface area (Å²) in [6, 6.07) is 0.983. The number of aromatic nitrogens is 2. The van der Waals surface area contributed by atoms with Gasteiger partial charge < -0.3 is 14.9 Å². The minimum Gasteiger partial charge on any atom is -0.394 e. The zero-order valence-corrected chi connectivity index (χ0v) is 9.67. The lowest BCUT2D eigenvalue weighted by molar-refractivity contribution is -0.0518. The van der Waals surface area contributed by atoms with E-state index < -0.39 is 41.4 Å². The number of ether oxygens (including phenoxy) is 1. The summed E-state index contributed by atoms with van der Waals surface area (Å²) in [5.74, 6) is 0. The van der Waals surface area contributed by atoms with E-state index in [9.17, 15) is 19.1 Å². The number of nitrogens with one attached hydrogen (secondary N) is 1. The van der Waals surface area contributed by atoms with Gasteiger partial charge in [0.15, 0.2) is 6.23 Å². The Balaban J connectivity index is 2.45. The van der Waals surface area contributed by atoms with E-state index in [1.165, 1.54) is 0 Å². The van der Waals surface area contributed by atoms with E-state index in [1.54, 1.807) is 0 Å². The topological polar surface area (TPSA) is 105 Å². The van der Waals surface area contributed by atoms with Crippen molar-refractivity contribution in [1.82, 2.24) is 9.55 Å². The van der Waals surface area contributed by atoms with Crippen LogP contribution in [-0.4, -0.2) is 43.7 Å². The highest BCUT2D eigenvalue weighted by Gasteiger charge is 2.57. The second kappa shape index (κ2) is 4.47. The van der Waals surface area contributed by atoms with Crippen LogP contribution >= 0.6 is 11.6 Å². The molecule has 9 heteroatoms. The molecule has 3 N–H and O–H groups in total. The van der Waals surface area contributed by atoms with Crippen LogP contribution in [0.3, 0.4) is 0 Å². The molecule has 1 aromatic rings. The third-order valence-corrected chi connectivity index (χ3v) is 3.07. The van der Waals surface area contributed by atoms with E-state index >= 15 is 0 Å². The Morgan fingerprint density at radius 1 is 1.61 bits per heavy atom. The minimum absolute atomic E-state index is 0.659. The molecule has 1 fully saturated rings. The van der Waals surface area contributed by atoms with E-state index in [0.29, 0.717) is 4.57 Å². The maximum absolute atomic E-state index is 14.1. The molecule has 2 rings (SSSR count). The Hall–Kier alpha value is -1.22. The van der Waals surface area contributed by atoms with Gasteiger partial charge in [-0.3, -0.25) is 14.3 Å². The Morgan fingerprint density at radius 3 is 2.78 bits per heavy atom. The standard InChI is InChI=1S/C9H10ClFN2O5/c10-9(11)6(16)4(3-14)18-7(9)13-2-1-5(15)12-8(13)17/h1-2,4,6-7,14,16H,3H2,(H,12,15,17)/t4-,6-,7-,9+/m1/s1. The van der Waals surface area contributed by atoms with Crippen molar-refractivity contribution in [1.29, 1.82) is 0 Å². The summed E-state index contributed by atoms with van der Waals surface area (Å²) in [4.78, 5) is 24.3. The number of hydrogen-bond acceptors (Lipinski definition) is 5. The first-order valence-electron chi connectivity index (χ1n) is 5.01. The summed E-state index contributed by atoms with van der Waals surface area (Å²) in [5, 5.41) is 15.6. The van der Waals surface area contributed by atoms with Crippen LogP contribution in [0, 0.1) is 0 Å². The molecule has 100 valence electrons. The zero-order valence-electron chi connectivity index (χ0n) is 8.92. The zero-order chi connectivity index (χ0) is 13.5. The molecule has 2 heterocycles. The lowest BCUT2D eigenvalue weighted by atomic mass is 10.1. The van der Waals surface area contributed by atoms with E-state index in [-0.39, 0.29) is 0 Å². The fraction of sp³-hybridized carbons (Fsp3) is 0.556. The number of hydrogen-bond donors (Lipinski definition) is 3. The molecule has 18 heavy (non-hydrogen) atoms. The molecule has 0 unspecified atom stereocenters. The summed E-state index contributed by atoms with van der Waals surface area (Å²) in [7, 11) is 0. The largest absolute Gasteiger partial charge is 0.394 e. The molecule has 1 saturated heterocycles. The first kappa shape index (κ1) is 13.2. The van der Waals surface area contributed by atoms with Gasteiger partial charge in [-0.25, -0.2) is 9.18 Å². The van der Waals surface area contributed by atoms with Crippen LogP contribution in [0.2, 0.25) is 0 Å². The summed E-state index contributed by atoms with van der Waals surface area (Å²) in [5.41, 5.74) is -1.59. The number of H-pyrrole nitrogens is 1. The molecule has 1 aromatic heterocycles. The fourth-order valence-corrected chi connectivity index (χ4v) is 2.03. The molecule has 0 spiro atoms. The van der Waals surface area contributed by atoms with Gasteiger partial charge in [0, 0.05) is 12.3 Å². The van der Waals surface area contributed by atoms with Gasteiger partial charge in [-0.15, -0.1) is 0 Å². The number of aromatic amines is 1. The van der Waals surface area contributed by atoms with Gasteiger partial charge >= 0.3 is 5.69 Å². The number of nitrogens with zero attached hydrogens (tertiary/aromatic N) is 1. The molecule has 0 aromatic carbocycles.